The van der Waals surface area contributed by atoms with Gasteiger partial charge in [-0.05, 0) is 0 Å². The first-order chi connectivity index (χ1) is 7.85. The Bertz CT molecular complexity index is 259. The van der Waals surface area contributed by atoms with Crippen molar-refractivity contribution in [1.29, 1.82) is 15.8 Å². The predicted molar refractivity (Wildman–Crippen MR) is 59.0 cm³/mol. The lowest BCUT2D eigenvalue weighted by atomic mass is 10.4. The van der Waals surface area contributed by atoms with Crippen LogP contribution in [0.25, 0.3) is 0 Å². The Balaban J connectivity index is 3.60. The van der Waals surface area contributed by atoms with Crippen molar-refractivity contribution in [2.45, 2.75) is 0 Å². The van der Waals surface area contributed by atoms with Gasteiger partial charge >= 0.3 is 0 Å². The SMILES string of the molecule is N#CCNCCN(CC#N)CCNCC#N. The van der Waals surface area contributed by atoms with Crippen LogP contribution in [0.4, 0.5) is 0 Å². The predicted octanol–water partition coefficient (Wildman–Crippen LogP) is -0.962. The number of nitriles is 3. The zero-order chi connectivity index (χ0) is 12.1. The lowest BCUT2D eigenvalue weighted by Gasteiger charge is -2.18. The highest BCUT2D eigenvalue weighted by Crippen LogP contribution is 1.84. The van der Waals surface area contributed by atoms with Gasteiger partial charge in [0.25, 0.3) is 0 Å². The Morgan fingerprint density at radius 3 is 1.69 bits per heavy atom. The highest BCUT2D eigenvalue weighted by atomic mass is 15.1. The zero-order valence-electron chi connectivity index (χ0n) is 9.24. The van der Waals surface area contributed by atoms with Crippen molar-refractivity contribution in [3.63, 3.8) is 0 Å². The van der Waals surface area contributed by atoms with Crippen LogP contribution in [0.5, 0.6) is 0 Å². The molecule has 2 N–H and O–H groups in total. The summed E-state index contributed by atoms with van der Waals surface area (Å²) in [5.41, 5.74) is 0. The summed E-state index contributed by atoms with van der Waals surface area (Å²) in [6, 6.07) is 6.07. The molecule has 0 aromatic heterocycles. The average Bonchev–Trinajstić information content (AvgIpc) is 2.30. The molecule has 0 aliphatic rings. The highest BCUT2D eigenvalue weighted by molar-refractivity contribution is 4.79. The second kappa shape index (κ2) is 11.4. The van der Waals surface area contributed by atoms with Gasteiger partial charge in [0.1, 0.15) is 0 Å². The number of rotatable bonds is 9. The topological polar surface area (TPSA) is 98.7 Å². The maximum absolute atomic E-state index is 8.60. The first kappa shape index (κ1) is 14.3. The third-order valence-corrected chi connectivity index (χ3v) is 1.91. The standard InChI is InChI=1S/C10H16N6/c11-1-4-14-6-9-16(8-3-13)10-7-15-5-2-12/h14-15H,4-10H2. The fraction of sp³-hybridized carbons (Fsp3) is 0.700. The van der Waals surface area contributed by atoms with E-state index in [1.165, 1.54) is 0 Å². The molecule has 0 atom stereocenters. The van der Waals surface area contributed by atoms with Crippen molar-refractivity contribution in [3.8, 4) is 18.2 Å². The molecule has 0 rings (SSSR count). The van der Waals surface area contributed by atoms with E-state index in [-0.39, 0.29) is 0 Å². The zero-order valence-corrected chi connectivity index (χ0v) is 9.24. The molecular weight excluding hydrogens is 204 g/mol. The van der Waals surface area contributed by atoms with Gasteiger partial charge in [-0.2, -0.15) is 15.8 Å². The normalized spacial score (nSPS) is 9.38. The Labute approximate surface area is 96.1 Å². The van der Waals surface area contributed by atoms with E-state index in [0.29, 0.717) is 32.7 Å². The van der Waals surface area contributed by atoms with E-state index in [0.717, 1.165) is 13.1 Å². The number of hydrogen-bond donors (Lipinski definition) is 2. The second-order valence-electron chi connectivity index (χ2n) is 3.10. The van der Waals surface area contributed by atoms with E-state index in [1.54, 1.807) is 0 Å². The molecule has 0 aromatic carbocycles. The molecular formula is C10H16N6. The third kappa shape index (κ3) is 8.93. The molecule has 0 saturated carbocycles. The van der Waals surface area contributed by atoms with Crippen LogP contribution in [0.1, 0.15) is 0 Å². The van der Waals surface area contributed by atoms with Crippen LogP contribution in [0, 0.1) is 34.0 Å². The molecule has 0 amide bonds. The van der Waals surface area contributed by atoms with Crippen molar-refractivity contribution < 1.29 is 0 Å². The van der Waals surface area contributed by atoms with Crippen LogP contribution in [0.15, 0.2) is 0 Å². The number of hydrogen-bond acceptors (Lipinski definition) is 6. The molecule has 0 aromatic rings. The van der Waals surface area contributed by atoms with E-state index >= 15 is 0 Å². The molecule has 0 aliphatic heterocycles. The number of nitrogens with zero attached hydrogens (tertiary/aromatic N) is 4. The molecule has 0 fully saturated rings. The average molecular weight is 220 g/mol. The molecule has 0 bridgehead atoms. The second-order valence-corrected chi connectivity index (χ2v) is 3.10. The van der Waals surface area contributed by atoms with Crippen LogP contribution in [0.3, 0.4) is 0 Å². The first-order valence-electron chi connectivity index (χ1n) is 5.09. The summed E-state index contributed by atoms with van der Waals surface area (Å²) >= 11 is 0. The smallest absolute Gasteiger partial charge is 0.0866 e. The van der Waals surface area contributed by atoms with Crippen molar-refractivity contribution in [2.24, 2.45) is 0 Å². The van der Waals surface area contributed by atoms with Crippen molar-refractivity contribution in [3.05, 3.63) is 0 Å². The molecule has 16 heavy (non-hydrogen) atoms. The van der Waals surface area contributed by atoms with E-state index in [4.69, 9.17) is 15.8 Å². The molecule has 0 saturated heterocycles. The molecule has 6 heteroatoms. The van der Waals surface area contributed by atoms with E-state index < -0.39 is 0 Å². The Hall–Kier alpha value is -1.65. The minimum Gasteiger partial charge on any atom is -0.303 e. The summed E-state index contributed by atoms with van der Waals surface area (Å²) in [4.78, 5) is 1.97. The Morgan fingerprint density at radius 1 is 0.812 bits per heavy atom. The lowest BCUT2D eigenvalue weighted by Crippen LogP contribution is -2.37. The van der Waals surface area contributed by atoms with Gasteiger partial charge in [0.05, 0.1) is 37.8 Å². The van der Waals surface area contributed by atoms with Crippen LogP contribution in [0.2, 0.25) is 0 Å². The van der Waals surface area contributed by atoms with Crippen molar-refractivity contribution in [2.75, 3.05) is 45.8 Å². The third-order valence-electron chi connectivity index (χ3n) is 1.91. The van der Waals surface area contributed by atoms with Gasteiger partial charge < -0.3 is 10.6 Å². The van der Waals surface area contributed by atoms with Gasteiger partial charge in [0, 0.05) is 26.2 Å². The maximum Gasteiger partial charge on any atom is 0.0866 e. The van der Waals surface area contributed by atoms with Crippen LogP contribution in [-0.2, 0) is 0 Å². The molecule has 0 aliphatic carbocycles. The summed E-state index contributed by atoms with van der Waals surface area (Å²) in [6.45, 7) is 3.84. The number of nitrogens with one attached hydrogen (secondary N) is 2. The summed E-state index contributed by atoms with van der Waals surface area (Å²) in [5.74, 6) is 0. The summed E-state index contributed by atoms with van der Waals surface area (Å²) in [5, 5.41) is 31.1. The van der Waals surface area contributed by atoms with Gasteiger partial charge in [-0.3, -0.25) is 4.90 Å². The molecule has 0 radical (unpaired) electrons. The summed E-state index contributed by atoms with van der Waals surface area (Å²) in [6.07, 6.45) is 0. The van der Waals surface area contributed by atoms with Gasteiger partial charge in [0.15, 0.2) is 0 Å². The highest BCUT2D eigenvalue weighted by Gasteiger charge is 2.02. The fourth-order valence-electron chi connectivity index (χ4n) is 1.13. The first-order valence-corrected chi connectivity index (χ1v) is 5.09. The Kier molecular flexibility index (Phi) is 10.2. The molecule has 0 unspecified atom stereocenters. The largest absolute Gasteiger partial charge is 0.303 e. The van der Waals surface area contributed by atoms with Gasteiger partial charge in [-0.15, -0.1) is 0 Å². The monoisotopic (exact) mass is 220 g/mol. The minimum atomic E-state index is 0.326. The Morgan fingerprint density at radius 2 is 1.31 bits per heavy atom. The molecule has 86 valence electrons. The summed E-state index contributed by atoms with van der Waals surface area (Å²) in [7, 11) is 0. The van der Waals surface area contributed by atoms with Crippen molar-refractivity contribution >= 4 is 0 Å². The minimum absolute atomic E-state index is 0.326. The van der Waals surface area contributed by atoms with E-state index in [2.05, 4.69) is 16.7 Å². The lowest BCUT2D eigenvalue weighted by molar-refractivity contribution is 0.306. The van der Waals surface area contributed by atoms with Crippen molar-refractivity contribution in [1.82, 2.24) is 15.5 Å². The van der Waals surface area contributed by atoms with Gasteiger partial charge in [-0.1, -0.05) is 0 Å². The molecule has 0 spiro atoms. The van der Waals surface area contributed by atoms with Crippen LogP contribution in [-0.4, -0.2) is 50.7 Å². The fourth-order valence-corrected chi connectivity index (χ4v) is 1.13. The van der Waals surface area contributed by atoms with E-state index in [1.807, 2.05) is 17.0 Å². The van der Waals surface area contributed by atoms with Gasteiger partial charge in [-0.25, -0.2) is 0 Å². The summed E-state index contributed by atoms with van der Waals surface area (Å²) < 4.78 is 0. The van der Waals surface area contributed by atoms with Crippen LogP contribution >= 0.6 is 0 Å². The maximum atomic E-state index is 8.60. The van der Waals surface area contributed by atoms with Gasteiger partial charge in [0.2, 0.25) is 0 Å². The van der Waals surface area contributed by atoms with E-state index in [9.17, 15) is 0 Å². The molecule has 0 heterocycles. The van der Waals surface area contributed by atoms with Crippen LogP contribution < -0.4 is 10.6 Å². The quantitative estimate of drug-likeness (QED) is 0.383. The molecule has 6 nitrogen and oxygen atoms in total.